The van der Waals surface area contributed by atoms with E-state index in [2.05, 4.69) is 23.8 Å². The highest BCUT2D eigenvalue weighted by molar-refractivity contribution is 5.08. The van der Waals surface area contributed by atoms with Crippen molar-refractivity contribution in [2.75, 3.05) is 14.2 Å². The second-order valence-corrected chi connectivity index (χ2v) is 6.00. The molecule has 1 fully saturated rings. The highest BCUT2D eigenvalue weighted by Gasteiger charge is 2.26. The molecule has 4 heteroatoms. The van der Waals surface area contributed by atoms with Gasteiger partial charge in [0.05, 0.1) is 5.69 Å². The SMILES string of the molecule is COC(OC)c1ccnc(C2CCC(C(C)C)CC2)n1. The molecule has 0 bridgehead atoms. The summed E-state index contributed by atoms with van der Waals surface area (Å²) in [6.45, 7) is 4.65. The molecular weight excluding hydrogens is 252 g/mol. The molecule has 1 heterocycles. The van der Waals surface area contributed by atoms with Crippen molar-refractivity contribution in [3.8, 4) is 0 Å². The van der Waals surface area contributed by atoms with Crippen LogP contribution in [-0.4, -0.2) is 24.2 Å². The average molecular weight is 278 g/mol. The first-order valence-corrected chi connectivity index (χ1v) is 7.54. The van der Waals surface area contributed by atoms with Gasteiger partial charge in [0.25, 0.3) is 0 Å². The van der Waals surface area contributed by atoms with E-state index >= 15 is 0 Å². The lowest BCUT2D eigenvalue weighted by molar-refractivity contribution is -0.108. The van der Waals surface area contributed by atoms with Crippen LogP contribution in [0.1, 0.15) is 63.3 Å². The number of hydrogen-bond acceptors (Lipinski definition) is 4. The van der Waals surface area contributed by atoms with E-state index in [-0.39, 0.29) is 0 Å². The summed E-state index contributed by atoms with van der Waals surface area (Å²) in [6.07, 6.45) is 6.37. The maximum Gasteiger partial charge on any atom is 0.200 e. The molecule has 1 aromatic rings. The summed E-state index contributed by atoms with van der Waals surface area (Å²) in [7, 11) is 3.26. The standard InChI is InChI=1S/C16H26N2O2/c1-11(2)12-5-7-13(8-6-12)15-17-10-9-14(18-15)16(19-3)20-4/h9-13,16H,5-8H2,1-4H3. The van der Waals surface area contributed by atoms with Crippen LogP contribution in [0.2, 0.25) is 0 Å². The Labute approximate surface area is 121 Å². The Morgan fingerprint density at radius 2 is 1.75 bits per heavy atom. The van der Waals surface area contributed by atoms with Crippen molar-refractivity contribution in [3.05, 3.63) is 23.8 Å². The molecule has 0 aliphatic heterocycles. The van der Waals surface area contributed by atoms with Gasteiger partial charge < -0.3 is 9.47 Å². The molecule has 2 rings (SSSR count). The molecule has 1 aliphatic carbocycles. The van der Waals surface area contributed by atoms with Gasteiger partial charge >= 0.3 is 0 Å². The second-order valence-electron chi connectivity index (χ2n) is 6.00. The number of nitrogens with zero attached hydrogens (tertiary/aromatic N) is 2. The van der Waals surface area contributed by atoms with Crippen LogP contribution in [-0.2, 0) is 9.47 Å². The van der Waals surface area contributed by atoms with Crippen LogP contribution in [0.15, 0.2) is 12.3 Å². The topological polar surface area (TPSA) is 44.2 Å². The van der Waals surface area contributed by atoms with Crippen molar-refractivity contribution in [1.82, 2.24) is 9.97 Å². The second kappa shape index (κ2) is 7.14. The summed E-state index contributed by atoms with van der Waals surface area (Å²) in [5.41, 5.74) is 0.811. The maximum atomic E-state index is 5.26. The minimum atomic E-state index is -0.399. The molecule has 0 N–H and O–H groups in total. The zero-order chi connectivity index (χ0) is 14.5. The highest BCUT2D eigenvalue weighted by atomic mass is 16.7. The van der Waals surface area contributed by atoms with Gasteiger partial charge in [-0.3, -0.25) is 0 Å². The van der Waals surface area contributed by atoms with E-state index in [9.17, 15) is 0 Å². The summed E-state index contributed by atoms with van der Waals surface area (Å²) < 4.78 is 10.5. The number of aromatic nitrogens is 2. The molecule has 0 radical (unpaired) electrons. The van der Waals surface area contributed by atoms with Crippen LogP contribution in [0.3, 0.4) is 0 Å². The average Bonchev–Trinajstić information content (AvgIpc) is 2.49. The molecule has 4 nitrogen and oxygen atoms in total. The number of rotatable bonds is 5. The van der Waals surface area contributed by atoms with Crippen molar-refractivity contribution in [2.45, 2.75) is 51.7 Å². The van der Waals surface area contributed by atoms with E-state index in [1.165, 1.54) is 25.7 Å². The number of ether oxygens (including phenoxy) is 2. The van der Waals surface area contributed by atoms with E-state index in [0.717, 1.165) is 23.4 Å². The van der Waals surface area contributed by atoms with Crippen LogP contribution in [0.25, 0.3) is 0 Å². The Kier molecular flexibility index (Phi) is 5.49. The molecule has 0 unspecified atom stereocenters. The molecular formula is C16H26N2O2. The molecule has 112 valence electrons. The van der Waals surface area contributed by atoms with Gasteiger partial charge in [-0.25, -0.2) is 9.97 Å². The predicted molar refractivity (Wildman–Crippen MR) is 78.3 cm³/mol. The zero-order valence-corrected chi connectivity index (χ0v) is 13.0. The molecule has 0 spiro atoms. The largest absolute Gasteiger partial charge is 0.350 e. The fourth-order valence-electron chi connectivity index (χ4n) is 3.10. The normalized spacial score (nSPS) is 23.5. The fraction of sp³-hybridized carbons (Fsp3) is 0.750. The first-order valence-electron chi connectivity index (χ1n) is 7.54. The van der Waals surface area contributed by atoms with Crippen molar-refractivity contribution in [2.24, 2.45) is 11.8 Å². The highest BCUT2D eigenvalue weighted by Crippen LogP contribution is 2.37. The summed E-state index contributed by atoms with van der Waals surface area (Å²) >= 11 is 0. The third-order valence-electron chi connectivity index (χ3n) is 4.45. The molecule has 1 aromatic heterocycles. The minimum absolute atomic E-state index is 0.399. The molecule has 0 atom stereocenters. The van der Waals surface area contributed by atoms with Gasteiger partial charge in [-0.05, 0) is 43.6 Å². The van der Waals surface area contributed by atoms with E-state index in [1.54, 1.807) is 14.2 Å². The third-order valence-corrected chi connectivity index (χ3v) is 4.45. The van der Waals surface area contributed by atoms with Crippen LogP contribution >= 0.6 is 0 Å². The van der Waals surface area contributed by atoms with E-state index in [4.69, 9.17) is 9.47 Å². The molecule has 20 heavy (non-hydrogen) atoms. The van der Waals surface area contributed by atoms with Crippen molar-refractivity contribution < 1.29 is 9.47 Å². The monoisotopic (exact) mass is 278 g/mol. The summed E-state index contributed by atoms with van der Waals surface area (Å²) in [6, 6.07) is 1.86. The lowest BCUT2D eigenvalue weighted by Crippen LogP contribution is -2.19. The van der Waals surface area contributed by atoms with Gasteiger partial charge in [-0.2, -0.15) is 0 Å². The van der Waals surface area contributed by atoms with E-state index in [0.29, 0.717) is 5.92 Å². The van der Waals surface area contributed by atoms with Crippen LogP contribution in [0.4, 0.5) is 0 Å². The predicted octanol–water partition coefficient (Wildman–Crippen LogP) is 3.70. The van der Waals surface area contributed by atoms with Crippen molar-refractivity contribution >= 4 is 0 Å². The fourth-order valence-corrected chi connectivity index (χ4v) is 3.10. The van der Waals surface area contributed by atoms with Gasteiger partial charge in [0.15, 0.2) is 0 Å². The molecule has 0 aromatic carbocycles. The molecule has 0 saturated heterocycles. The van der Waals surface area contributed by atoms with Crippen molar-refractivity contribution in [3.63, 3.8) is 0 Å². The van der Waals surface area contributed by atoms with Crippen LogP contribution in [0, 0.1) is 11.8 Å². The number of hydrogen-bond donors (Lipinski definition) is 0. The third kappa shape index (κ3) is 3.55. The Hall–Kier alpha value is -1.00. The van der Waals surface area contributed by atoms with E-state index < -0.39 is 6.29 Å². The van der Waals surface area contributed by atoms with Gasteiger partial charge in [0.2, 0.25) is 6.29 Å². The van der Waals surface area contributed by atoms with Gasteiger partial charge in [0, 0.05) is 26.3 Å². The maximum absolute atomic E-state index is 5.26. The minimum Gasteiger partial charge on any atom is -0.350 e. The number of methoxy groups -OCH3 is 2. The Morgan fingerprint density at radius 3 is 2.30 bits per heavy atom. The Bertz CT molecular complexity index is 411. The van der Waals surface area contributed by atoms with E-state index in [1.807, 2.05) is 12.3 Å². The Balaban J connectivity index is 2.05. The molecule has 1 saturated carbocycles. The van der Waals surface area contributed by atoms with Gasteiger partial charge in [0.1, 0.15) is 5.82 Å². The molecule has 1 aliphatic rings. The first-order chi connectivity index (χ1) is 9.65. The summed E-state index contributed by atoms with van der Waals surface area (Å²) in [5, 5.41) is 0. The van der Waals surface area contributed by atoms with Crippen molar-refractivity contribution in [1.29, 1.82) is 0 Å². The zero-order valence-electron chi connectivity index (χ0n) is 13.0. The summed E-state index contributed by atoms with van der Waals surface area (Å²) in [5.74, 6) is 3.08. The first kappa shape index (κ1) is 15.4. The lowest BCUT2D eigenvalue weighted by atomic mass is 9.77. The Morgan fingerprint density at radius 1 is 1.10 bits per heavy atom. The quantitative estimate of drug-likeness (QED) is 0.770. The lowest BCUT2D eigenvalue weighted by Gasteiger charge is -2.30. The summed E-state index contributed by atoms with van der Waals surface area (Å²) in [4.78, 5) is 9.11. The van der Waals surface area contributed by atoms with Crippen LogP contribution < -0.4 is 0 Å². The molecule has 0 amide bonds. The van der Waals surface area contributed by atoms with Gasteiger partial charge in [-0.1, -0.05) is 13.8 Å². The van der Waals surface area contributed by atoms with Crippen LogP contribution in [0.5, 0.6) is 0 Å². The van der Waals surface area contributed by atoms with Gasteiger partial charge in [-0.15, -0.1) is 0 Å². The smallest absolute Gasteiger partial charge is 0.200 e.